The van der Waals surface area contributed by atoms with Crippen LogP contribution in [0.1, 0.15) is 78.5 Å². The van der Waals surface area contributed by atoms with Crippen LogP contribution in [0.3, 0.4) is 0 Å². The molecular formula is C30H41N3O10. The number of hydrogen-bond donors (Lipinski definition) is 2. The van der Waals surface area contributed by atoms with Crippen LogP contribution in [0, 0.1) is 0 Å². The van der Waals surface area contributed by atoms with E-state index in [1.807, 2.05) is 0 Å². The number of fused-ring (bicyclic) bond motifs is 1. The summed E-state index contributed by atoms with van der Waals surface area (Å²) in [7, 11) is 0. The number of ether oxygens (including phenoxy) is 5. The minimum absolute atomic E-state index is 0.0371. The number of nitrogens with one attached hydrogen (secondary N) is 2. The molecule has 0 aliphatic carbocycles. The van der Waals surface area contributed by atoms with Crippen molar-refractivity contribution >= 4 is 35.2 Å². The molecule has 3 heterocycles. The van der Waals surface area contributed by atoms with Crippen LogP contribution >= 0.6 is 0 Å². The number of unbranched alkanes of at least 4 members (excludes halogenated alkanes) is 2. The van der Waals surface area contributed by atoms with E-state index in [0.29, 0.717) is 52.7 Å². The third-order valence-electron chi connectivity index (χ3n) is 7.35. The van der Waals surface area contributed by atoms with Crippen molar-refractivity contribution in [2.75, 3.05) is 58.2 Å². The number of nitrogens with zero attached hydrogens (tertiary/aromatic N) is 1. The highest BCUT2D eigenvalue weighted by molar-refractivity contribution is 6.26. The quantitative estimate of drug-likeness (QED) is 0.188. The van der Waals surface area contributed by atoms with E-state index >= 15 is 0 Å². The molecule has 5 amide bonds. The molecule has 0 aromatic heterocycles. The highest BCUT2D eigenvalue weighted by atomic mass is 16.7. The van der Waals surface area contributed by atoms with E-state index in [4.69, 9.17) is 23.7 Å². The standard InChI is InChI=1S/C30H41N3O10/c34-24(9-2-1-4-13-39-15-16-40-17-18-41-19-20-43-26-10-3-5-14-42-26)31-22-8-6-7-21-27(22)30(38)33(29(21)37)23-11-12-25(35)32-28(23)36/h6-8,23,26H,1-5,9-20H2,(H,31,34)(H,32,35,36). The van der Waals surface area contributed by atoms with Crippen LogP contribution in [0.25, 0.3) is 0 Å². The Balaban J connectivity index is 1.03. The highest BCUT2D eigenvalue weighted by Crippen LogP contribution is 2.32. The Morgan fingerprint density at radius 3 is 2.35 bits per heavy atom. The predicted octanol–water partition coefficient (Wildman–Crippen LogP) is 2.18. The van der Waals surface area contributed by atoms with E-state index in [1.165, 1.54) is 6.07 Å². The lowest BCUT2D eigenvalue weighted by Gasteiger charge is -2.27. The van der Waals surface area contributed by atoms with Gasteiger partial charge in [-0.05, 0) is 50.7 Å². The summed E-state index contributed by atoms with van der Waals surface area (Å²) in [6.45, 7) is 4.26. The van der Waals surface area contributed by atoms with Crippen molar-refractivity contribution in [2.45, 2.75) is 70.1 Å². The van der Waals surface area contributed by atoms with Crippen LogP contribution in [-0.2, 0) is 38.1 Å². The number of rotatable bonds is 18. The minimum Gasteiger partial charge on any atom is -0.379 e. The third-order valence-corrected chi connectivity index (χ3v) is 7.35. The largest absolute Gasteiger partial charge is 0.379 e. The summed E-state index contributed by atoms with van der Waals surface area (Å²) in [6, 6.07) is 3.56. The molecule has 0 radical (unpaired) electrons. The van der Waals surface area contributed by atoms with E-state index in [2.05, 4.69) is 10.6 Å². The first kappa shape index (κ1) is 32.7. The molecule has 2 atom stereocenters. The molecule has 4 rings (SSSR count). The van der Waals surface area contributed by atoms with E-state index in [0.717, 1.165) is 43.6 Å². The van der Waals surface area contributed by atoms with Gasteiger partial charge >= 0.3 is 0 Å². The Labute approximate surface area is 250 Å². The van der Waals surface area contributed by atoms with Crippen molar-refractivity contribution in [3.8, 4) is 0 Å². The van der Waals surface area contributed by atoms with E-state index in [1.54, 1.807) is 12.1 Å². The lowest BCUT2D eigenvalue weighted by Crippen LogP contribution is -2.54. The smallest absolute Gasteiger partial charge is 0.264 e. The van der Waals surface area contributed by atoms with Gasteiger partial charge in [-0.15, -0.1) is 0 Å². The molecule has 13 nitrogen and oxygen atoms in total. The molecule has 0 bridgehead atoms. The third kappa shape index (κ3) is 9.63. The molecule has 3 aliphatic heterocycles. The van der Waals surface area contributed by atoms with Crippen LogP contribution in [0.4, 0.5) is 5.69 Å². The molecule has 3 aliphatic rings. The van der Waals surface area contributed by atoms with Crippen LogP contribution in [0.2, 0.25) is 0 Å². The Kier molecular flexibility index (Phi) is 13.0. The number of amides is 5. The zero-order valence-corrected chi connectivity index (χ0v) is 24.4. The van der Waals surface area contributed by atoms with Crippen molar-refractivity contribution in [2.24, 2.45) is 0 Å². The van der Waals surface area contributed by atoms with Gasteiger partial charge in [0.25, 0.3) is 11.8 Å². The summed E-state index contributed by atoms with van der Waals surface area (Å²) in [5.74, 6) is -2.67. The first-order valence-corrected chi connectivity index (χ1v) is 15.1. The van der Waals surface area contributed by atoms with Gasteiger partial charge in [-0.3, -0.25) is 34.2 Å². The molecule has 1 aromatic carbocycles. The highest BCUT2D eigenvalue weighted by Gasteiger charge is 2.45. The van der Waals surface area contributed by atoms with Gasteiger partial charge < -0.3 is 29.0 Å². The fraction of sp³-hybridized carbons (Fsp3) is 0.633. The summed E-state index contributed by atoms with van der Waals surface area (Å²) >= 11 is 0. The van der Waals surface area contributed by atoms with E-state index in [9.17, 15) is 24.0 Å². The Morgan fingerprint density at radius 2 is 1.63 bits per heavy atom. The lowest BCUT2D eigenvalue weighted by molar-refractivity contribution is -0.169. The maximum Gasteiger partial charge on any atom is 0.264 e. The second-order valence-corrected chi connectivity index (χ2v) is 10.5. The molecule has 2 N–H and O–H groups in total. The van der Waals surface area contributed by atoms with Crippen molar-refractivity contribution in [3.05, 3.63) is 29.3 Å². The fourth-order valence-electron chi connectivity index (χ4n) is 5.12. The number of benzene rings is 1. The SMILES string of the molecule is O=C1CCC(N2C(=O)c3cccc(NC(=O)CCCCCOCCOCCOCCOC4CCCCO4)c3C2=O)C(=O)N1. The lowest BCUT2D eigenvalue weighted by atomic mass is 10.0. The van der Waals surface area contributed by atoms with Gasteiger partial charge in [0.1, 0.15) is 6.04 Å². The van der Waals surface area contributed by atoms with Crippen LogP contribution in [-0.4, -0.2) is 99.6 Å². The van der Waals surface area contributed by atoms with Crippen LogP contribution in [0.5, 0.6) is 0 Å². The topological polar surface area (TPSA) is 159 Å². The Bertz CT molecular complexity index is 1140. The molecule has 13 heteroatoms. The number of hydrogen-bond acceptors (Lipinski definition) is 10. The summed E-state index contributed by atoms with van der Waals surface area (Å²) < 4.78 is 27.6. The van der Waals surface area contributed by atoms with Gasteiger partial charge in [-0.25, -0.2) is 0 Å². The predicted molar refractivity (Wildman–Crippen MR) is 152 cm³/mol. The first-order chi connectivity index (χ1) is 21.0. The van der Waals surface area contributed by atoms with Crippen LogP contribution in [0.15, 0.2) is 18.2 Å². The number of anilines is 1. The molecule has 0 saturated carbocycles. The maximum atomic E-state index is 13.1. The average molecular weight is 604 g/mol. The normalized spacial score (nSPS) is 20.3. The van der Waals surface area contributed by atoms with Crippen molar-refractivity contribution < 1.29 is 47.7 Å². The fourth-order valence-corrected chi connectivity index (χ4v) is 5.12. The second kappa shape index (κ2) is 17.2. The van der Waals surface area contributed by atoms with Gasteiger partial charge in [0.15, 0.2) is 6.29 Å². The molecule has 1 aromatic rings. The maximum absolute atomic E-state index is 13.1. The summed E-state index contributed by atoms with van der Waals surface area (Å²) in [4.78, 5) is 63.3. The van der Waals surface area contributed by atoms with Gasteiger partial charge in [0.05, 0.1) is 56.5 Å². The average Bonchev–Trinajstić information content (AvgIpc) is 3.25. The molecular weight excluding hydrogens is 562 g/mol. The zero-order valence-electron chi connectivity index (χ0n) is 24.4. The van der Waals surface area contributed by atoms with Crippen LogP contribution < -0.4 is 10.6 Å². The monoisotopic (exact) mass is 603 g/mol. The van der Waals surface area contributed by atoms with E-state index < -0.39 is 29.7 Å². The first-order valence-electron chi connectivity index (χ1n) is 15.1. The molecule has 0 spiro atoms. The van der Waals surface area contributed by atoms with Crippen molar-refractivity contribution in [1.29, 1.82) is 0 Å². The number of carbonyl (C=O) groups excluding carboxylic acids is 5. The van der Waals surface area contributed by atoms with Gasteiger partial charge in [-0.2, -0.15) is 0 Å². The molecule has 236 valence electrons. The second-order valence-electron chi connectivity index (χ2n) is 10.5. The molecule has 43 heavy (non-hydrogen) atoms. The minimum atomic E-state index is -1.06. The van der Waals surface area contributed by atoms with Crippen molar-refractivity contribution in [1.82, 2.24) is 10.2 Å². The van der Waals surface area contributed by atoms with Crippen molar-refractivity contribution in [3.63, 3.8) is 0 Å². The molecule has 2 fully saturated rings. The summed E-state index contributed by atoms with van der Waals surface area (Å²) in [5, 5.41) is 4.90. The molecule has 2 saturated heterocycles. The Hall–Kier alpha value is -3.23. The summed E-state index contributed by atoms with van der Waals surface area (Å²) in [6.07, 6.45) is 5.62. The van der Waals surface area contributed by atoms with Gasteiger partial charge in [0.2, 0.25) is 17.7 Å². The van der Waals surface area contributed by atoms with E-state index in [-0.39, 0.29) is 48.3 Å². The Morgan fingerprint density at radius 1 is 0.884 bits per heavy atom. The number of piperidine rings is 1. The molecule has 2 unspecified atom stereocenters. The number of carbonyl (C=O) groups is 5. The summed E-state index contributed by atoms with van der Waals surface area (Å²) in [5.41, 5.74) is 0.412. The zero-order chi connectivity index (χ0) is 30.4. The van der Waals surface area contributed by atoms with Gasteiger partial charge in [0, 0.05) is 26.1 Å². The van der Waals surface area contributed by atoms with Gasteiger partial charge in [-0.1, -0.05) is 12.5 Å². The number of imide groups is 2.